The average Bonchev–Trinajstić information content (AvgIpc) is 2.49. The molecule has 2 heterocycles. The van der Waals surface area contributed by atoms with E-state index in [1.165, 1.54) is 21.7 Å². The number of aryl methyl sites for hydroxylation is 1. The van der Waals surface area contributed by atoms with E-state index in [4.69, 9.17) is 0 Å². The Morgan fingerprint density at radius 1 is 1.10 bits per heavy atom. The van der Waals surface area contributed by atoms with Crippen LogP contribution in [0.25, 0.3) is 5.65 Å². The van der Waals surface area contributed by atoms with E-state index in [0.717, 1.165) is 5.56 Å². The van der Waals surface area contributed by atoms with Crippen LogP contribution in [0.15, 0.2) is 58.6 Å². The van der Waals surface area contributed by atoms with Gasteiger partial charge in [0.15, 0.2) is 5.16 Å². The lowest BCUT2D eigenvalue weighted by Crippen LogP contribution is -2.19. The topological polar surface area (TPSA) is 47.3 Å². The lowest BCUT2D eigenvalue weighted by molar-refractivity contribution is 0.840. The summed E-state index contributed by atoms with van der Waals surface area (Å²) in [6.45, 7) is 4.02. The third-order valence-electron chi connectivity index (χ3n) is 3.23. The number of aromatic nitrogens is 3. The summed E-state index contributed by atoms with van der Waals surface area (Å²) >= 11 is 1.49. The Morgan fingerprint density at radius 3 is 2.62 bits per heavy atom. The van der Waals surface area contributed by atoms with E-state index in [1.807, 2.05) is 37.3 Å². The van der Waals surface area contributed by atoms with Gasteiger partial charge >= 0.3 is 5.69 Å². The summed E-state index contributed by atoms with van der Waals surface area (Å²) in [7, 11) is 0. The summed E-state index contributed by atoms with van der Waals surface area (Å²) in [6, 6.07) is 13.9. The predicted molar refractivity (Wildman–Crippen MR) is 84.7 cm³/mol. The second kappa shape index (κ2) is 5.69. The zero-order valence-corrected chi connectivity index (χ0v) is 12.7. The van der Waals surface area contributed by atoms with E-state index in [1.54, 1.807) is 6.20 Å². The largest absolute Gasteiger partial charge is 0.355 e. The molecule has 5 heteroatoms. The zero-order valence-electron chi connectivity index (χ0n) is 11.9. The van der Waals surface area contributed by atoms with Crippen LogP contribution in [-0.2, 0) is 0 Å². The maximum Gasteiger partial charge on any atom is 0.355 e. The Labute approximate surface area is 126 Å². The molecule has 21 heavy (non-hydrogen) atoms. The van der Waals surface area contributed by atoms with E-state index in [2.05, 4.69) is 29.0 Å². The van der Waals surface area contributed by atoms with Gasteiger partial charge < -0.3 is 0 Å². The van der Waals surface area contributed by atoms with Gasteiger partial charge in [0.25, 0.3) is 0 Å². The van der Waals surface area contributed by atoms with Crippen molar-refractivity contribution in [1.82, 2.24) is 14.4 Å². The molecule has 1 unspecified atom stereocenters. The monoisotopic (exact) mass is 297 g/mol. The third-order valence-corrected chi connectivity index (χ3v) is 4.25. The van der Waals surface area contributed by atoms with Gasteiger partial charge in [-0.25, -0.2) is 9.78 Å². The van der Waals surface area contributed by atoms with E-state index in [0.29, 0.717) is 10.8 Å². The van der Waals surface area contributed by atoms with Crippen molar-refractivity contribution in [3.05, 3.63) is 70.3 Å². The number of fused-ring (bicyclic) bond motifs is 1. The van der Waals surface area contributed by atoms with Crippen molar-refractivity contribution >= 4 is 17.4 Å². The highest BCUT2D eigenvalue weighted by Crippen LogP contribution is 2.31. The number of benzene rings is 1. The molecule has 0 amide bonds. The quantitative estimate of drug-likeness (QED) is 0.696. The van der Waals surface area contributed by atoms with Crippen LogP contribution in [0.4, 0.5) is 0 Å². The number of rotatable bonds is 3. The number of nitrogens with zero attached hydrogens (tertiary/aromatic N) is 3. The van der Waals surface area contributed by atoms with Crippen molar-refractivity contribution < 1.29 is 0 Å². The lowest BCUT2D eigenvalue weighted by Gasteiger charge is -2.10. The van der Waals surface area contributed by atoms with Crippen LogP contribution in [0.2, 0.25) is 0 Å². The Bertz CT molecular complexity index is 830. The summed E-state index contributed by atoms with van der Waals surface area (Å²) in [4.78, 5) is 20.6. The van der Waals surface area contributed by atoms with Crippen molar-refractivity contribution in [3.63, 3.8) is 0 Å². The van der Waals surface area contributed by atoms with Crippen molar-refractivity contribution in [3.8, 4) is 0 Å². The fourth-order valence-corrected chi connectivity index (χ4v) is 2.99. The fourth-order valence-electron chi connectivity index (χ4n) is 2.11. The van der Waals surface area contributed by atoms with Crippen LogP contribution < -0.4 is 5.69 Å². The second-order valence-corrected chi connectivity index (χ2v) is 6.20. The number of thioether (sulfide) groups is 1. The van der Waals surface area contributed by atoms with E-state index in [9.17, 15) is 4.79 Å². The van der Waals surface area contributed by atoms with Crippen LogP contribution in [0.1, 0.15) is 23.3 Å². The van der Waals surface area contributed by atoms with E-state index < -0.39 is 0 Å². The number of hydrogen-bond donors (Lipinski definition) is 0. The highest BCUT2D eigenvalue weighted by molar-refractivity contribution is 7.99. The molecule has 1 aromatic carbocycles. The van der Waals surface area contributed by atoms with Gasteiger partial charge in [-0.1, -0.05) is 48.2 Å². The van der Waals surface area contributed by atoms with Crippen LogP contribution in [0.3, 0.4) is 0 Å². The molecule has 3 rings (SSSR count). The second-order valence-electron chi connectivity index (χ2n) is 4.89. The lowest BCUT2D eigenvalue weighted by atomic mass is 10.2. The minimum Gasteiger partial charge on any atom is -0.251 e. The molecule has 0 bridgehead atoms. The Morgan fingerprint density at radius 2 is 1.86 bits per heavy atom. The van der Waals surface area contributed by atoms with Crippen molar-refractivity contribution in [2.24, 2.45) is 0 Å². The van der Waals surface area contributed by atoms with Crippen molar-refractivity contribution in [1.29, 1.82) is 0 Å². The van der Waals surface area contributed by atoms with Gasteiger partial charge in [-0.2, -0.15) is 4.98 Å². The predicted octanol–water partition coefficient (Wildman–Crippen LogP) is 3.25. The number of hydrogen-bond acceptors (Lipinski definition) is 4. The van der Waals surface area contributed by atoms with Crippen molar-refractivity contribution in [2.45, 2.75) is 24.3 Å². The molecule has 0 fully saturated rings. The first-order valence-electron chi connectivity index (χ1n) is 6.72. The molecule has 0 saturated heterocycles. The van der Waals surface area contributed by atoms with Gasteiger partial charge in [0.1, 0.15) is 5.65 Å². The van der Waals surface area contributed by atoms with Gasteiger partial charge in [0.2, 0.25) is 0 Å². The molecule has 4 nitrogen and oxygen atoms in total. The average molecular weight is 297 g/mol. The molecule has 0 aliphatic carbocycles. The highest BCUT2D eigenvalue weighted by Gasteiger charge is 2.11. The Kier molecular flexibility index (Phi) is 3.75. The summed E-state index contributed by atoms with van der Waals surface area (Å²) in [6.07, 6.45) is 1.76. The standard InChI is InChI=1S/C16H15N3OS/c1-11-8-9-14-17-15(18-16(20)19(14)10-11)21-12(2)13-6-4-3-5-7-13/h3-10,12H,1-2H3. The van der Waals surface area contributed by atoms with Crippen molar-refractivity contribution in [2.75, 3.05) is 0 Å². The van der Waals surface area contributed by atoms with Crippen LogP contribution in [-0.4, -0.2) is 14.4 Å². The van der Waals surface area contributed by atoms with Gasteiger partial charge in [0, 0.05) is 11.4 Å². The molecule has 0 aliphatic heterocycles. The summed E-state index contributed by atoms with van der Waals surface area (Å²) in [5.41, 5.74) is 2.54. The fraction of sp³-hybridized carbons (Fsp3) is 0.188. The molecule has 1 atom stereocenters. The minimum absolute atomic E-state index is 0.193. The first-order valence-corrected chi connectivity index (χ1v) is 7.60. The Hall–Kier alpha value is -2.14. The Balaban J connectivity index is 1.95. The summed E-state index contributed by atoms with van der Waals surface area (Å²) < 4.78 is 1.48. The molecule has 0 spiro atoms. The summed E-state index contributed by atoms with van der Waals surface area (Å²) in [5, 5.41) is 0.707. The highest BCUT2D eigenvalue weighted by atomic mass is 32.2. The maximum atomic E-state index is 12.1. The first kappa shape index (κ1) is 13.8. The van der Waals surface area contributed by atoms with Gasteiger partial charge in [-0.15, -0.1) is 0 Å². The molecular weight excluding hydrogens is 282 g/mol. The van der Waals surface area contributed by atoms with Crippen LogP contribution >= 0.6 is 11.8 Å². The third kappa shape index (κ3) is 2.97. The first-order chi connectivity index (χ1) is 10.1. The summed E-state index contributed by atoms with van der Waals surface area (Å²) in [5.74, 6) is 0. The normalized spacial score (nSPS) is 12.5. The van der Waals surface area contributed by atoms with Gasteiger partial charge in [0.05, 0.1) is 0 Å². The molecule has 106 valence electrons. The molecule has 3 aromatic rings. The van der Waals surface area contributed by atoms with E-state index >= 15 is 0 Å². The van der Waals surface area contributed by atoms with Gasteiger partial charge in [-0.3, -0.25) is 4.40 Å². The van der Waals surface area contributed by atoms with Crippen LogP contribution in [0.5, 0.6) is 0 Å². The number of pyridine rings is 1. The van der Waals surface area contributed by atoms with Crippen LogP contribution in [0, 0.1) is 6.92 Å². The maximum absolute atomic E-state index is 12.1. The zero-order chi connectivity index (χ0) is 14.8. The minimum atomic E-state index is -0.286. The molecular formula is C16H15N3OS. The molecule has 0 saturated carbocycles. The molecule has 0 radical (unpaired) electrons. The molecule has 0 N–H and O–H groups in total. The SMILES string of the molecule is Cc1ccc2nc(SC(C)c3ccccc3)nc(=O)n2c1. The van der Waals surface area contributed by atoms with E-state index in [-0.39, 0.29) is 10.9 Å². The van der Waals surface area contributed by atoms with Gasteiger partial charge in [-0.05, 0) is 31.0 Å². The molecule has 0 aliphatic rings. The smallest absolute Gasteiger partial charge is 0.251 e. The molecule has 2 aromatic heterocycles.